The summed E-state index contributed by atoms with van der Waals surface area (Å²) in [5, 5.41) is 7.13. The van der Waals surface area contributed by atoms with Crippen LogP contribution in [0.2, 0.25) is 0 Å². The summed E-state index contributed by atoms with van der Waals surface area (Å²) in [5.41, 5.74) is 1.74. The van der Waals surface area contributed by atoms with Gasteiger partial charge in [-0.3, -0.25) is 4.79 Å². The van der Waals surface area contributed by atoms with Crippen LogP contribution in [-0.4, -0.2) is 20.5 Å². The summed E-state index contributed by atoms with van der Waals surface area (Å²) in [5.74, 6) is -0.227. The van der Waals surface area contributed by atoms with Gasteiger partial charge < -0.3 is 5.32 Å². The monoisotopic (exact) mass is 346 g/mol. The Morgan fingerprint density at radius 2 is 1.80 bits per heavy atom. The van der Waals surface area contributed by atoms with Gasteiger partial charge in [0.15, 0.2) is 5.65 Å². The lowest BCUT2D eigenvalue weighted by molar-refractivity contribution is 0.102. The Bertz CT molecular complexity index is 1030. The molecule has 2 aromatic heterocycles. The highest BCUT2D eigenvalue weighted by Crippen LogP contribution is 2.33. The van der Waals surface area contributed by atoms with E-state index in [1.165, 1.54) is 6.20 Å². The maximum Gasteiger partial charge on any atom is 0.261 e. The third kappa shape index (κ3) is 3.25. The van der Waals surface area contributed by atoms with E-state index < -0.39 is 0 Å². The first-order valence-electron chi connectivity index (χ1n) is 7.73. The summed E-state index contributed by atoms with van der Waals surface area (Å²) in [6.45, 7) is 0. The van der Waals surface area contributed by atoms with Crippen LogP contribution in [0.4, 0.5) is 5.69 Å². The molecule has 0 atom stereocenters. The van der Waals surface area contributed by atoms with E-state index in [4.69, 9.17) is 0 Å². The van der Waals surface area contributed by atoms with Crippen LogP contribution in [0.25, 0.3) is 5.65 Å². The summed E-state index contributed by atoms with van der Waals surface area (Å²) < 4.78 is 1.58. The Balaban J connectivity index is 1.61. The fraction of sp³-hybridized carbons (Fsp3) is 0. The minimum absolute atomic E-state index is 0.227. The van der Waals surface area contributed by atoms with Crippen molar-refractivity contribution in [1.29, 1.82) is 0 Å². The molecule has 1 N–H and O–H groups in total. The van der Waals surface area contributed by atoms with Crippen LogP contribution < -0.4 is 5.32 Å². The number of para-hydroxylation sites is 1. The van der Waals surface area contributed by atoms with E-state index in [9.17, 15) is 4.79 Å². The van der Waals surface area contributed by atoms with Crippen molar-refractivity contribution >= 4 is 29.0 Å². The van der Waals surface area contributed by atoms with Crippen molar-refractivity contribution in [3.63, 3.8) is 0 Å². The summed E-state index contributed by atoms with van der Waals surface area (Å²) in [6, 6.07) is 19.6. The predicted molar refractivity (Wildman–Crippen MR) is 97.9 cm³/mol. The number of aromatic nitrogens is 3. The molecule has 122 valence electrons. The summed E-state index contributed by atoms with van der Waals surface area (Å²) >= 11 is 1.61. The Labute approximate surface area is 148 Å². The van der Waals surface area contributed by atoms with Crippen molar-refractivity contribution in [2.75, 3.05) is 5.32 Å². The number of fused-ring (bicyclic) bond motifs is 1. The first kappa shape index (κ1) is 15.4. The highest BCUT2D eigenvalue weighted by atomic mass is 32.2. The second kappa shape index (κ2) is 6.78. The van der Waals surface area contributed by atoms with Crippen LogP contribution in [0.3, 0.4) is 0 Å². The molecular formula is C19H14N4OS. The van der Waals surface area contributed by atoms with Gasteiger partial charge in [0, 0.05) is 22.2 Å². The number of carbonyl (C=O) groups excluding carboxylic acids is 1. The van der Waals surface area contributed by atoms with Crippen LogP contribution in [0.15, 0.2) is 89.0 Å². The number of anilines is 1. The number of benzene rings is 2. The molecule has 0 bridgehead atoms. The predicted octanol–water partition coefficient (Wildman–Crippen LogP) is 4.13. The molecule has 0 spiro atoms. The number of amides is 1. The Kier molecular flexibility index (Phi) is 4.18. The second-order valence-electron chi connectivity index (χ2n) is 5.31. The molecule has 4 rings (SSSR count). The number of hydrogen-bond donors (Lipinski definition) is 1. The minimum Gasteiger partial charge on any atom is -0.321 e. The lowest BCUT2D eigenvalue weighted by atomic mass is 10.2. The fourth-order valence-corrected chi connectivity index (χ4v) is 3.37. The van der Waals surface area contributed by atoms with Crippen molar-refractivity contribution < 1.29 is 4.79 Å². The summed E-state index contributed by atoms with van der Waals surface area (Å²) in [7, 11) is 0. The zero-order valence-electron chi connectivity index (χ0n) is 13.2. The summed E-state index contributed by atoms with van der Waals surface area (Å²) in [6.07, 6.45) is 4.94. The highest BCUT2D eigenvalue weighted by Gasteiger charge is 2.15. The van der Waals surface area contributed by atoms with Crippen molar-refractivity contribution in [2.45, 2.75) is 9.79 Å². The molecule has 0 radical (unpaired) electrons. The standard InChI is InChI=1S/C19H14N4OS/c24-19(15-13-21-23-12-6-11-20-18(15)23)22-16-9-4-5-10-17(16)25-14-7-2-1-3-8-14/h1-13H,(H,22,24). The van der Waals surface area contributed by atoms with Crippen molar-refractivity contribution in [3.8, 4) is 0 Å². The number of nitrogens with one attached hydrogen (secondary N) is 1. The molecule has 5 nitrogen and oxygen atoms in total. The van der Waals surface area contributed by atoms with E-state index in [1.807, 2.05) is 54.6 Å². The lowest BCUT2D eigenvalue weighted by Crippen LogP contribution is -2.12. The minimum atomic E-state index is -0.227. The number of rotatable bonds is 4. The zero-order chi connectivity index (χ0) is 17.1. The van der Waals surface area contributed by atoms with Gasteiger partial charge in [-0.1, -0.05) is 42.1 Å². The van der Waals surface area contributed by atoms with Gasteiger partial charge in [0.2, 0.25) is 0 Å². The summed E-state index contributed by atoms with van der Waals surface area (Å²) in [4.78, 5) is 19.0. The van der Waals surface area contributed by atoms with E-state index in [-0.39, 0.29) is 5.91 Å². The first-order valence-corrected chi connectivity index (χ1v) is 8.54. The first-order chi connectivity index (χ1) is 12.3. The van der Waals surface area contributed by atoms with E-state index in [0.717, 1.165) is 15.5 Å². The highest BCUT2D eigenvalue weighted by molar-refractivity contribution is 7.99. The zero-order valence-corrected chi connectivity index (χ0v) is 14.0. The van der Waals surface area contributed by atoms with Crippen LogP contribution in [0.1, 0.15) is 10.4 Å². The molecule has 0 unspecified atom stereocenters. The molecule has 0 aliphatic heterocycles. The van der Waals surface area contributed by atoms with Gasteiger partial charge in [-0.15, -0.1) is 0 Å². The van der Waals surface area contributed by atoms with Gasteiger partial charge in [0.05, 0.1) is 11.9 Å². The van der Waals surface area contributed by atoms with E-state index in [0.29, 0.717) is 11.2 Å². The van der Waals surface area contributed by atoms with Crippen LogP contribution in [0.5, 0.6) is 0 Å². The van der Waals surface area contributed by atoms with Gasteiger partial charge in [0.25, 0.3) is 5.91 Å². The molecule has 2 heterocycles. The van der Waals surface area contributed by atoms with Gasteiger partial charge >= 0.3 is 0 Å². The molecule has 0 saturated carbocycles. The second-order valence-corrected chi connectivity index (χ2v) is 6.43. The average molecular weight is 346 g/mol. The number of nitrogens with zero attached hydrogens (tertiary/aromatic N) is 3. The molecule has 4 aromatic rings. The Hall–Kier alpha value is -3.12. The molecule has 2 aromatic carbocycles. The smallest absolute Gasteiger partial charge is 0.261 e. The molecule has 0 fully saturated rings. The third-order valence-electron chi connectivity index (χ3n) is 3.63. The fourth-order valence-electron chi connectivity index (χ4n) is 2.45. The molecule has 0 aliphatic carbocycles. The molecule has 0 aliphatic rings. The largest absolute Gasteiger partial charge is 0.321 e. The van der Waals surface area contributed by atoms with Crippen molar-refractivity contribution in [1.82, 2.24) is 14.6 Å². The number of hydrogen-bond acceptors (Lipinski definition) is 4. The van der Waals surface area contributed by atoms with E-state index in [1.54, 1.807) is 34.7 Å². The quantitative estimate of drug-likeness (QED) is 0.603. The molecule has 1 amide bonds. The molecular weight excluding hydrogens is 332 g/mol. The van der Waals surface area contributed by atoms with Crippen LogP contribution >= 0.6 is 11.8 Å². The van der Waals surface area contributed by atoms with Crippen LogP contribution in [0, 0.1) is 0 Å². The lowest BCUT2D eigenvalue weighted by Gasteiger charge is -2.10. The third-order valence-corrected chi connectivity index (χ3v) is 4.71. The maximum absolute atomic E-state index is 12.7. The molecule has 0 saturated heterocycles. The van der Waals surface area contributed by atoms with Crippen molar-refractivity contribution in [3.05, 3.63) is 84.8 Å². The average Bonchev–Trinajstić information content (AvgIpc) is 3.08. The Morgan fingerprint density at radius 3 is 2.68 bits per heavy atom. The van der Waals surface area contributed by atoms with Gasteiger partial charge in [-0.05, 0) is 30.3 Å². The van der Waals surface area contributed by atoms with Gasteiger partial charge in [0.1, 0.15) is 5.56 Å². The van der Waals surface area contributed by atoms with Gasteiger partial charge in [-0.25, -0.2) is 9.50 Å². The SMILES string of the molecule is O=C(Nc1ccccc1Sc1ccccc1)c1cnn2cccnc12. The molecule has 25 heavy (non-hydrogen) atoms. The Morgan fingerprint density at radius 1 is 1.00 bits per heavy atom. The topological polar surface area (TPSA) is 59.3 Å². The normalized spacial score (nSPS) is 10.7. The molecule has 6 heteroatoms. The van der Waals surface area contributed by atoms with Crippen molar-refractivity contribution in [2.24, 2.45) is 0 Å². The maximum atomic E-state index is 12.7. The van der Waals surface area contributed by atoms with E-state index >= 15 is 0 Å². The van der Waals surface area contributed by atoms with Gasteiger partial charge in [-0.2, -0.15) is 5.10 Å². The van der Waals surface area contributed by atoms with Crippen LogP contribution in [-0.2, 0) is 0 Å². The number of carbonyl (C=O) groups is 1. The van der Waals surface area contributed by atoms with E-state index in [2.05, 4.69) is 15.4 Å².